The summed E-state index contributed by atoms with van der Waals surface area (Å²) in [5, 5.41) is 2.77. The molecule has 0 unspecified atom stereocenters. The van der Waals surface area contributed by atoms with Gasteiger partial charge >= 0.3 is 6.09 Å². The number of alkyl carbamates (subject to hydrolysis) is 1. The minimum atomic E-state index is -0.492. The molecule has 1 aromatic heterocycles. The lowest BCUT2D eigenvalue weighted by molar-refractivity contribution is 0.0520. The predicted octanol–water partition coefficient (Wildman–Crippen LogP) is 1.97. The molecular weight excluding hydrogens is 275 g/mol. The van der Waals surface area contributed by atoms with Gasteiger partial charge in [-0.2, -0.15) is 0 Å². The Morgan fingerprint density at radius 3 is 2.76 bits per heavy atom. The van der Waals surface area contributed by atoms with E-state index in [1.54, 1.807) is 0 Å². The van der Waals surface area contributed by atoms with Crippen molar-refractivity contribution in [3.05, 3.63) is 18.2 Å². The molecule has 1 fully saturated rings. The van der Waals surface area contributed by atoms with E-state index in [2.05, 4.69) is 15.3 Å². The minimum Gasteiger partial charge on any atom is -0.444 e. The van der Waals surface area contributed by atoms with Gasteiger partial charge in [-0.25, -0.2) is 19.2 Å². The molecular formula is C14H21FN4O2. The van der Waals surface area contributed by atoms with Crippen LogP contribution in [0.25, 0.3) is 0 Å². The summed E-state index contributed by atoms with van der Waals surface area (Å²) >= 11 is 0. The zero-order valence-corrected chi connectivity index (χ0v) is 12.6. The number of hydrogen-bond acceptors (Lipinski definition) is 5. The van der Waals surface area contributed by atoms with Crippen molar-refractivity contribution in [2.45, 2.75) is 32.8 Å². The van der Waals surface area contributed by atoms with Gasteiger partial charge in [-0.05, 0) is 33.1 Å². The Balaban J connectivity index is 1.78. The molecule has 0 spiro atoms. The summed E-state index contributed by atoms with van der Waals surface area (Å²) in [7, 11) is 0. The zero-order chi connectivity index (χ0) is 15.5. The summed E-state index contributed by atoms with van der Waals surface area (Å²) in [4.78, 5) is 21.5. The fraction of sp³-hybridized carbons (Fsp3) is 0.643. The van der Waals surface area contributed by atoms with E-state index in [0.29, 0.717) is 18.4 Å². The van der Waals surface area contributed by atoms with E-state index in [-0.39, 0.29) is 0 Å². The zero-order valence-electron chi connectivity index (χ0n) is 12.6. The monoisotopic (exact) mass is 296 g/mol. The van der Waals surface area contributed by atoms with Crippen molar-refractivity contribution in [1.29, 1.82) is 0 Å². The summed E-state index contributed by atoms with van der Waals surface area (Å²) in [6.07, 6.45) is 2.85. The van der Waals surface area contributed by atoms with Gasteiger partial charge in [-0.15, -0.1) is 0 Å². The van der Waals surface area contributed by atoms with Gasteiger partial charge in [0.05, 0.1) is 12.4 Å². The van der Waals surface area contributed by atoms with Crippen molar-refractivity contribution in [2.75, 3.05) is 24.5 Å². The van der Waals surface area contributed by atoms with Crippen molar-refractivity contribution in [3.8, 4) is 0 Å². The smallest absolute Gasteiger partial charge is 0.407 e. The highest BCUT2D eigenvalue weighted by Gasteiger charge is 2.25. The molecule has 0 bridgehead atoms. The van der Waals surface area contributed by atoms with Crippen LogP contribution in [0.4, 0.5) is 15.1 Å². The van der Waals surface area contributed by atoms with Crippen LogP contribution in [0, 0.1) is 11.7 Å². The summed E-state index contributed by atoms with van der Waals surface area (Å²) < 4.78 is 18.0. The molecule has 2 rings (SSSR count). The highest BCUT2D eigenvalue weighted by molar-refractivity contribution is 5.67. The molecule has 6 nitrogen and oxygen atoms in total. The van der Waals surface area contributed by atoms with Gasteiger partial charge in [0.2, 0.25) is 5.95 Å². The lowest BCUT2D eigenvalue weighted by Crippen LogP contribution is -2.36. The number of hydrogen-bond donors (Lipinski definition) is 1. The largest absolute Gasteiger partial charge is 0.444 e. The van der Waals surface area contributed by atoms with Crippen LogP contribution in [0.5, 0.6) is 0 Å². The standard InChI is InChI=1S/C14H21FN4O2/c1-14(2,3)21-13(20)18-6-10-4-5-19(9-10)12-16-7-11(15)8-17-12/h7-8,10H,4-6,9H2,1-3H3,(H,18,20)/t10-/m0/s1. The second-order valence-electron chi connectivity index (χ2n) is 6.18. The van der Waals surface area contributed by atoms with E-state index in [1.165, 1.54) is 0 Å². The van der Waals surface area contributed by atoms with Crippen LogP contribution < -0.4 is 10.2 Å². The fourth-order valence-electron chi connectivity index (χ4n) is 2.19. The molecule has 2 heterocycles. The second kappa shape index (κ2) is 6.24. The molecule has 1 atom stereocenters. The van der Waals surface area contributed by atoms with Gasteiger partial charge < -0.3 is 15.0 Å². The predicted molar refractivity (Wildman–Crippen MR) is 76.5 cm³/mol. The van der Waals surface area contributed by atoms with Crippen molar-refractivity contribution in [1.82, 2.24) is 15.3 Å². The molecule has 21 heavy (non-hydrogen) atoms. The van der Waals surface area contributed by atoms with Crippen LogP contribution in [0.2, 0.25) is 0 Å². The average Bonchev–Trinajstić information content (AvgIpc) is 2.84. The quantitative estimate of drug-likeness (QED) is 0.923. The molecule has 7 heteroatoms. The first-order chi connectivity index (χ1) is 9.83. The van der Waals surface area contributed by atoms with Gasteiger partial charge in [0, 0.05) is 19.6 Å². The Morgan fingerprint density at radius 2 is 2.14 bits per heavy atom. The van der Waals surface area contributed by atoms with E-state index in [9.17, 15) is 9.18 Å². The number of amides is 1. The van der Waals surface area contributed by atoms with Crippen molar-refractivity contribution in [2.24, 2.45) is 5.92 Å². The highest BCUT2D eigenvalue weighted by atomic mass is 19.1. The number of anilines is 1. The molecule has 1 N–H and O–H groups in total. The molecule has 1 aliphatic heterocycles. The van der Waals surface area contributed by atoms with Crippen LogP contribution in [0.3, 0.4) is 0 Å². The number of rotatable bonds is 3. The maximum Gasteiger partial charge on any atom is 0.407 e. The highest BCUT2D eigenvalue weighted by Crippen LogP contribution is 2.20. The normalized spacial score (nSPS) is 18.7. The van der Waals surface area contributed by atoms with Crippen LogP contribution >= 0.6 is 0 Å². The Kier molecular flexibility index (Phi) is 4.59. The van der Waals surface area contributed by atoms with Crippen LogP contribution in [-0.2, 0) is 4.74 Å². The number of carbonyl (C=O) groups excluding carboxylic acids is 1. The Labute approximate surface area is 123 Å². The lowest BCUT2D eigenvalue weighted by Gasteiger charge is -2.21. The van der Waals surface area contributed by atoms with Crippen LogP contribution in [-0.4, -0.2) is 41.3 Å². The minimum absolute atomic E-state index is 0.311. The first kappa shape index (κ1) is 15.5. The van der Waals surface area contributed by atoms with E-state index >= 15 is 0 Å². The van der Waals surface area contributed by atoms with E-state index in [1.807, 2.05) is 25.7 Å². The van der Waals surface area contributed by atoms with Gasteiger partial charge in [0.15, 0.2) is 5.82 Å². The Hall–Kier alpha value is -1.92. The van der Waals surface area contributed by atoms with E-state index in [4.69, 9.17) is 4.74 Å². The number of ether oxygens (including phenoxy) is 1. The van der Waals surface area contributed by atoms with Crippen LogP contribution in [0.15, 0.2) is 12.4 Å². The number of aromatic nitrogens is 2. The van der Waals surface area contributed by atoms with E-state index in [0.717, 1.165) is 31.9 Å². The molecule has 0 saturated carbocycles. The maximum atomic E-state index is 12.8. The number of nitrogens with one attached hydrogen (secondary N) is 1. The third-order valence-electron chi connectivity index (χ3n) is 3.11. The number of carbonyl (C=O) groups is 1. The molecule has 1 saturated heterocycles. The molecule has 0 aliphatic carbocycles. The summed E-state index contributed by atoms with van der Waals surface area (Å²) in [6.45, 7) is 7.57. The third-order valence-corrected chi connectivity index (χ3v) is 3.11. The molecule has 116 valence electrons. The molecule has 1 amide bonds. The van der Waals surface area contributed by atoms with Crippen molar-refractivity contribution in [3.63, 3.8) is 0 Å². The molecule has 0 aromatic carbocycles. The first-order valence-electron chi connectivity index (χ1n) is 7.03. The van der Waals surface area contributed by atoms with E-state index < -0.39 is 17.5 Å². The topological polar surface area (TPSA) is 67.3 Å². The fourth-order valence-corrected chi connectivity index (χ4v) is 2.19. The summed E-state index contributed by atoms with van der Waals surface area (Å²) in [6, 6.07) is 0. The summed E-state index contributed by atoms with van der Waals surface area (Å²) in [5.74, 6) is 0.392. The maximum absolute atomic E-state index is 12.8. The number of nitrogens with zero attached hydrogens (tertiary/aromatic N) is 3. The second-order valence-corrected chi connectivity index (χ2v) is 6.18. The first-order valence-corrected chi connectivity index (χ1v) is 7.03. The number of halogens is 1. The van der Waals surface area contributed by atoms with Gasteiger partial charge in [0.1, 0.15) is 5.60 Å². The van der Waals surface area contributed by atoms with Crippen molar-refractivity contribution >= 4 is 12.0 Å². The summed E-state index contributed by atoms with van der Waals surface area (Å²) in [5.41, 5.74) is -0.492. The van der Waals surface area contributed by atoms with Gasteiger partial charge in [0.25, 0.3) is 0 Å². The third kappa shape index (κ3) is 4.84. The van der Waals surface area contributed by atoms with Gasteiger partial charge in [-0.3, -0.25) is 0 Å². The van der Waals surface area contributed by atoms with Gasteiger partial charge in [-0.1, -0.05) is 0 Å². The van der Waals surface area contributed by atoms with Crippen molar-refractivity contribution < 1.29 is 13.9 Å². The molecule has 1 aromatic rings. The lowest BCUT2D eigenvalue weighted by atomic mass is 10.1. The molecule has 0 radical (unpaired) electrons. The van der Waals surface area contributed by atoms with Crippen LogP contribution in [0.1, 0.15) is 27.2 Å². The Morgan fingerprint density at radius 1 is 1.48 bits per heavy atom. The Bertz CT molecular complexity index is 487. The average molecular weight is 296 g/mol. The molecule has 1 aliphatic rings. The SMILES string of the molecule is CC(C)(C)OC(=O)NC[C@@H]1CCN(c2ncc(F)cn2)C1.